The van der Waals surface area contributed by atoms with Crippen LogP contribution >= 0.6 is 0 Å². The SMILES string of the molecule is [H-].[Na+].[O]=[Mn].[Ti]. The van der Waals surface area contributed by atoms with Crippen molar-refractivity contribution in [3.05, 3.63) is 0 Å². The van der Waals surface area contributed by atoms with Crippen LogP contribution in [0.2, 0.25) is 0 Å². The Labute approximate surface area is 71.6 Å². The molecule has 4 heavy (non-hydrogen) atoms. The van der Waals surface area contributed by atoms with Gasteiger partial charge in [0.15, 0.2) is 0 Å². The predicted octanol–water partition coefficient (Wildman–Crippen LogP) is -3.01. The van der Waals surface area contributed by atoms with E-state index >= 15 is 0 Å². The zero-order valence-electron chi connectivity index (χ0n) is 3.29. The smallest absolute Gasteiger partial charge is 0 e. The van der Waals surface area contributed by atoms with Gasteiger partial charge in [-0.25, -0.2) is 0 Å². The van der Waals surface area contributed by atoms with Crippen LogP contribution in [0.3, 0.4) is 0 Å². The third-order valence-corrected chi connectivity index (χ3v) is 0. The molecule has 0 aliphatic heterocycles. The van der Waals surface area contributed by atoms with Crippen molar-refractivity contribution in [1.29, 1.82) is 0 Å². The second-order valence-electron chi connectivity index (χ2n) is 0. The molecule has 0 amide bonds. The average molecular weight is 143 g/mol. The number of hydrogen-bond acceptors (Lipinski definition) is 1. The van der Waals surface area contributed by atoms with Crippen molar-refractivity contribution in [2.75, 3.05) is 0 Å². The molecule has 0 aromatic carbocycles. The third-order valence-electron chi connectivity index (χ3n) is 0. The fourth-order valence-corrected chi connectivity index (χ4v) is 0. The van der Waals surface area contributed by atoms with Crippen LogP contribution < -0.4 is 29.6 Å². The molecular weight excluding hydrogens is 142 g/mol. The summed E-state index contributed by atoms with van der Waals surface area (Å²) in [5, 5.41) is 0. The van der Waals surface area contributed by atoms with Crippen LogP contribution in [0.1, 0.15) is 1.43 Å². The molecule has 1 nitrogen and oxygen atoms in total. The van der Waals surface area contributed by atoms with Crippen molar-refractivity contribution in [3.8, 4) is 0 Å². The Morgan fingerprint density at radius 1 is 1.50 bits per heavy atom. The molecule has 0 unspecified atom stereocenters. The maximum Gasteiger partial charge on any atom is 0 e. The van der Waals surface area contributed by atoms with Crippen molar-refractivity contribution in [2.45, 2.75) is 0 Å². The summed E-state index contributed by atoms with van der Waals surface area (Å²) in [6, 6.07) is 0. The van der Waals surface area contributed by atoms with Crippen LogP contribution in [0.5, 0.6) is 0 Å². The first kappa shape index (κ1) is 16.6. The Balaban J connectivity index is -0.00000000167. The van der Waals surface area contributed by atoms with Gasteiger partial charge >= 0.3 is 49.3 Å². The monoisotopic (exact) mass is 143 g/mol. The Bertz CT molecular complexity index is 11.6. The van der Waals surface area contributed by atoms with Crippen LogP contribution in [0.15, 0.2) is 0 Å². The zero-order chi connectivity index (χ0) is 2.00. The molecule has 0 bridgehead atoms. The molecule has 0 radical (unpaired) electrons. The maximum absolute atomic E-state index is 8.06. The van der Waals surface area contributed by atoms with E-state index in [1.807, 2.05) is 0 Å². The van der Waals surface area contributed by atoms with Gasteiger partial charge in [0, 0.05) is 21.7 Å². The normalized spacial score (nSPS) is 1.00. The van der Waals surface area contributed by atoms with Crippen molar-refractivity contribution in [3.63, 3.8) is 0 Å². The summed E-state index contributed by atoms with van der Waals surface area (Å²) in [4.78, 5) is 0. The van der Waals surface area contributed by atoms with Gasteiger partial charge in [-0.15, -0.1) is 0 Å². The van der Waals surface area contributed by atoms with Crippen molar-refractivity contribution < 1.29 is 72.5 Å². The van der Waals surface area contributed by atoms with Crippen molar-refractivity contribution in [2.24, 2.45) is 0 Å². The summed E-state index contributed by atoms with van der Waals surface area (Å²) >= 11 is 1.69. The molecular formula is HMnNaOTi. The molecule has 0 aliphatic rings. The van der Waals surface area contributed by atoms with Crippen molar-refractivity contribution >= 4 is 0 Å². The van der Waals surface area contributed by atoms with E-state index < -0.39 is 0 Å². The van der Waals surface area contributed by atoms with E-state index in [4.69, 9.17) is 3.83 Å². The molecule has 4 heteroatoms. The number of hydrogen-bond donors (Lipinski definition) is 0. The van der Waals surface area contributed by atoms with Crippen LogP contribution in [0.4, 0.5) is 0 Å². The average Bonchev–Trinajstić information content (AvgIpc) is 1.00. The summed E-state index contributed by atoms with van der Waals surface area (Å²) in [7, 11) is 0. The second-order valence-corrected chi connectivity index (χ2v) is 0. The van der Waals surface area contributed by atoms with Gasteiger partial charge in [0.25, 0.3) is 0 Å². The molecule has 19 valence electrons. The summed E-state index contributed by atoms with van der Waals surface area (Å²) < 4.78 is 8.06. The summed E-state index contributed by atoms with van der Waals surface area (Å²) in [5.74, 6) is 0. The predicted molar refractivity (Wildman–Crippen MR) is 1.80 cm³/mol. The quantitative estimate of drug-likeness (QED) is 0.330. The van der Waals surface area contributed by atoms with Gasteiger partial charge in [-0.1, -0.05) is 0 Å². The molecule has 0 heterocycles. The largest absolute Gasteiger partial charge is 0 e. The van der Waals surface area contributed by atoms with Gasteiger partial charge in [-0.05, 0) is 0 Å². The van der Waals surface area contributed by atoms with E-state index in [0.717, 1.165) is 0 Å². The van der Waals surface area contributed by atoms with Gasteiger partial charge in [-0.2, -0.15) is 0 Å². The second kappa shape index (κ2) is 19.8. The Morgan fingerprint density at radius 3 is 1.50 bits per heavy atom. The van der Waals surface area contributed by atoms with E-state index in [1.54, 1.807) is 15.9 Å². The van der Waals surface area contributed by atoms with Crippen LogP contribution in [-0.2, 0) is 41.5 Å². The van der Waals surface area contributed by atoms with E-state index in [0.29, 0.717) is 0 Å². The van der Waals surface area contributed by atoms with E-state index in [1.165, 1.54) is 0 Å². The minimum absolute atomic E-state index is 0. The minimum atomic E-state index is 0. The Hall–Kier alpha value is 2.03. The van der Waals surface area contributed by atoms with Crippen molar-refractivity contribution in [1.82, 2.24) is 0 Å². The molecule has 0 atom stereocenters. The first-order chi connectivity index (χ1) is 1.00. The molecule has 0 rings (SSSR count). The maximum atomic E-state index is 8.06. The standard InChI is InChI=1S/Mn.Na.O.Ti.H/q;+1;;;-1. The fraction of sp³-hybridized carbons (Fsp3) is 0. The van der Waals surface area contributed by atoms with E-state index in [9.17, 15) is 0 Å². The van der Waals surface area contributed by atoms with Crippen LogP contribution in [0.25, 0.3) is 0 Å². The molecule has 0 saturated heterocycles. The summed E-state index contributed by atoms with van der Waals surface area (Å²) in [6.07, 6.45) is 0. The van der Waals surface area contributed by atoms with Gasteiger partial charge in [0.2, 0.25) is 0 Å². The van der Waals surface area contributed by atoms with Crippen LogP contribution in [0, 0.1) is 0 Å². The third kappa shape index (κ3) is 8.98. The first-order valence-corrected chi connectivity index (χ1v) is 0.636. The zero-order valence-corrected chi connectivity index (χ0v) is 7.03. The molecule has 0 aromatic rings. The van der Waals surface area contributed by atoms with Gasteiger partial charge in [0.1, 0.15) is 0 Å². The Morgan fingerprint density at radius 2 is 1.50 bits per heavy atom. The van der Waals surface area contributed by atoms with E-state index in [2.05, 4.69) is 0 Å². The van der Waals surface area contributed by atoms with Gasteiger partial charge in [-0.3, -0.25) is 0 Å². The molecule has 0 fully saturated rings. The molecule has 0 saturated carbocycles. The van der Waals surface area contributed by atoms with Crippen LogP contribution in [-0.4, -0.2) is 0 Å². The summed E-state index contributed by atoms with van der Waals surface area (Å²) in [5.41, 5.74) is 0. The number of rotatable bonds is 0. The molecule has 0 spiro atoms. The van der Waals surface area contributed by atoms with E-state index in [-0.39, 0.29) is 52.7 Å². The van der Waals surface area contributed by atoms with Gasteiger partial charge in [0.05, 0.1) is 0 Å². The molecule has 0 N–H and O–H groups in total. The summed E-state index contributed by atoms with van der Waals surface area (Å²) in [6.45, 7) is 0. The molecule has 0 aromatic heterocycles. The fourth-order valence-electron chi connectivity index (χ4n) is 0. The van der Waals surface area contributed by atoms with Gasteiger partial charge < -0.3 is 1.43 Å². The topological polar surface area (TPSA) is 17.1 Å². The minimum Gasteiger partial charge on any atom is 0 e. The molecule has 0 aliphatic carbocycles. The first-order valence-electron chi connectivity index (χ1n) is 0.154. The Kier molecular flexibility index (Phi) is 82.2.